The van der Waals surface area contributed by atoms with Crippen molar-refractivity contribution >= 4 is 13.3 Å². The summed E-state index contributed by atoms with van der Waals surface area (Å²) >= 11 is 0. The van der Waals surface area contributed by atoms with Crippen LogP contribution in [0.1, 0.15) is 12.5 Å². The van der Waals surface area contributed by atoms with Crippen molar-refractivity contribution in [1.29, 1.82) is 0 Å². The Kier molecular flexibility index (Phi) is 4.91. The van der Waals surface area contributed by atoms with E-state index < -0.39 is 19.4 Å². The van der Waals surface area contributed by atoms with Crippen molar-refractivity contribution in [3.63, 3.8) is 0 Å². The fourth-order valence-electron chi connectivity index (χ4n) is 1.50. The summed E-state index contributed by atoms with van der Waals surface area (Å²) in [5, 5.41) is 0. The van der Waals surface area contributed by atoms with Crippen LogP contribution >= 0.6 is 7.37 Å². The van der Waals surface area contributed by atoms with Crippen LogP contribution in [0.15, 0.2) is 30.3 Å². The highest BCUT2D eigenvalue weighted by Crippen LogP contribution is 2.47. The number of carbonyl (C=O) groups excluding carboxylic acids is 1. The lowest BCUT2D eigenvalue weighted by molar-refractivity contribution is -0.147. The van der Waals surface area contributed by atoms with Crippen LogP contribution in [0.3, 0.4) is 0 Å². The van der Waals surface area contributed by atoms with E-state index in [0.717, 1.165) is 5.56 Å². The molecule has 4 nitrogen and oxygen atoms in total. The van der Waals surface area contributed by atoms with Gasteiger partial charge in [0, 0.05) is 12.8 Å². The van der Waals surface area contributed by atoms with E-state index in [-0.39, 0.29) is 0 Å². The predicted octanol–water partition coefficient (Wildman–Crippen LogP) is 2.67. The molecule has 5 heteroatoms. The molecule has 0 saturated carbocycles. The molecule has 0 aliphatic rings. The van der Waals surface area contributed by atoms with E-state index in [9.17, 15) is 9.36 Å². The minimum absolute atomic E-state index is 0.315. The Hall–Kier alpha value is -1.12. The molecule has 0 aliphatic heterocycles. The summed E-state index contributed by atoms with van der Waals surface area (Å²) in [5.74, 6) is -0.514. The third kappa shape index (κ3) is 4.72. The topological polar surface area (TPSA) is 52.6 Å². The molecule has 1 rings (SSSR count). The van der Waals surface area contributed by atoms with E-state index in [1.165, 1.54) is 20.7 Å². The highest BCUT2D eigenvalue weighted by molar-refractivity contribution is 7.57. The molecular formula is C12H17O4P. The van der Waals surface area contributed by atoms with Crippen LogP contribution in [0.5, 0.6) is 0 Å². The first-order chi connectivity index (χ1) is 7.94. The molecule has 0 fully saturated rings. The molecule has 0 bridgehead atoms. The molecule has 0 aliphatic carbocycles. The van der Waals surface area contributed by atoms with Crippen LogP contribution in [0.2, 0.25) is 0 Å². The highest BCUT2D eigenvalue weighted by atomic mass is 31.2. The minimum atomic E-state index is -2.84. The summed E-state index contributed by atoms with van der Waals surface area (Å²) < 4.78 is 22.0. The Balaban J connectivity index is 2.63. The van der Waals surface area contributed by atoms with Crippen LogP contribution in [0.4, 0.5) is 0 Å². The maximum Gasteiger partial charge on any atom is 0.335 e. The van der Waals surface area contributed by atoms with Crippen LogP contribution < -0.4 is 0 Å². The number of methoxy groups -OCH3 is 1. The molecular weight excluding hydrogens is 239 g/mol. The Bertz CT molecular complexity index is 416. The quantitative estimate of drug-likeness (QED) is 0.600. The van der Waals surface area contributed by atoms with Crippen molar-refractivity contribution in [3.8, 4) is 0 Å². The Morgan fingerprint density at radius 3 is 2.47 bits per heavy atom. The normalized spacial score (nSPS) is 15.9. The summed E-state index contributed by atoms with van der Waals surface area (Å²) in [5.41, 5.74) is 0.926. The van der Waals surface area contributed by atoms with Gasteiger partial charge in [0.2, 0.25) is 7.37 Å². The molecule has 17 heavy (non-hydrogen) atoms. The van der Waals surface area contributed by atoms with Crippen LogP contribution in [0.25, 0.3) is 0 Å². The maximum atomic E-state index is 12.2. The summed E-state index contributed by atoms with van der Waals surface area (Å²) in [7, 11) is -1.56. The number of hydrogen-bond acceptors (Lipinski definition) is 4. The third-order valence-electron chi connectivity index (χ3n) is 2.23. The molecule has 0 heterocycles. The van der Waals surface area contributed by atoms with Gasteiger partial charge in [-0.25, -0.2) is 4.79 Å². The maximum absolute atomic E-state index is 12.2. The van der Waals surface area contributed by atoms with Gasteiger partial charge in [0.15, 0.2) is 6.10 Å². The zero-order chi connectivity index (χ0) is 12.9. The second-order valence-electron chi connectivity index (χ2n) is 3.93. The average Bonchev–Trinajstić information content (AvgIpc) is 2.27. The van der Waals surface area contributed by atoms with Crippen molar-refractivity contribution in [2.75, 3.05) is 13.8 Å². The Morgan fingerprint density at radius 1 is 1.35 bits per heavy atom. The van der Waals surface area contributed by atoms with Crippen molar-refractivity contribution in [2.24, 2.45) is 0 Å². The minimum Gasteiger partial charge on any atom is -0.467 e. The number of rotatable bonds is 5. The number of carbonyl (C=O) groups is 1. The van der Waals surface area contributed by atoms with Crippen molar-refractivity contribution in [3.05, 3.63) is 35.9 Å². The number of hydrogen-bond donors (Lipinski definition) is 0. The van der Waals surface area contributed by atoms with E-state index in [2.05, 4.69) is 4.74 Å². The van der Waals surface area contributed by atoms with Gasteiger partial charge in [-0.2, -0.15) is 0 Å². The number of esters is 1. The first-order valence-corrected chi connectivity index (χ1v) is 7.57. The standard InChI is InChI=1S/C12H17O4P/c1-10(12(13)15-2)16-17(3,14)9-11-7-5-4-6-8-11/h4-8,10H,9H2,1-3H3. The summed E-state index contributed by atoms with van der Waals surface area (Å²) in [6.45, 7) is 3.06. The molecule has 94 valence electrons. The molecule has 0 amide bonds. The SMILES string of the molecule is COC(=O)C(C)OP(C)(=O)Cc1ccccc1. The van der Waals surface area contributed by atoms with Gasteiger partial charge in [-0.15, -0.1) is 0 Å². The Labute approximate surface area is 101 Å². The van der Waals surface area contributed by atoms with Gasteiger partial charge in [0.25, 0.3) is 0 Å². The van der Waals surface area contributed by atoms with E-state index in [0.29, 0.717) is 6.16 Å². The number of ether oxygens (including phenoxy) is 1. The Morgan fingerprint density at radius 2 is 1.94 bits per heavy atom. The predicted molar refractivity (Wildman–Crippen MR) is 66.2 cm³/mol. The van der Waals surface area contributed by atoms with Crippen LogP contribution in [-0.4, -0.2) is 25.8 Å². The summed E-state index contributed by atoms with van der Waals surface area (Å²) in [6.07, 6.45) is -0.491. The molecule has 0 saturated heterocycles. The fraction of sp³-hybridized carbons (Fsp3) is 0.417. The lowest BCUT2D eigenvalue weighted by Gasteiger charge is -2.17. The third-order valence-corrected chi connectivity index (χ3v) is 3.93. The van der Waals surface area contributed by atoms with Crippen molar-refractivity contribution < 1.29 is 18.6 Å². The van der Waals surface area contributed by atoms with Gasteiger partial charge in [0.1, 0.15) is 0 Å². The van der Waals surface area contributed by atoms with Gasteiger partial charge in [-0.3, -0.25) is 4.57 Å². The van der Waals surface area contributed by atoms with Gasteiger partial charge in [-0.05, 0) is 12.5 Å². The zero-order valence-corrected chi connectivity index (χ0v) is 11.1. The number of benzene rings is 1. The second-order valence-corrected chi connectivity index (χ2v) is 6.48. The monoisotopic (exact) mass is 256 g/mol. The molecule has 0 aromatic heterocycles. The van der Waals surface area contributed by atoms with E-state index in [1.54, 1.807) is 0 Å². The molecule has 0 spiro atoms. The largest absolute Gasteiger partial charge is 0.467 e. The van der Waals surface area contributed by atoms with Gasteiger partial charge < -0.3 is 9.26 Å². The van der Waals surface area contributed by atoms with Crippen molar-refractivity contribution in [2.45, 2.75) is 19.2 Å². The average molecular weight is 256 g/mol. The van der Waals surface area contributed by atoms with Gasteiger partial charge in [0.05, 0.1) is 7.11 Å². The lowest BCUT2D eigenvalue weighted by Crippen LogP contribution is -2.21. The molecule has 1 aromatic rings. The molecule has 2 atom stereocenters. The second kappa shape index (κ2) is 5.99. The zero-order valence-electron chi connectivity index (χ0n) is 10.3. The lowest BCUT2D eigenvalue weighted by atomic mass is 10.2. The van der Waals surface area contributed by atoms with Gasteiger partial charge >= 0.3 is 5.97 Å². The van der Waals surface area contributed by atoms with Crippen molar-refractivity contribution in [1.82, 2.24) is 0 Å². The summed E-state index contributed by atoms with van der Waals surface area (Å²) in [4.78, 5) is 11.2. The summed E-state index contributed by atoms with van der Waals surface area (Å²) in [6, 6.07) is 9.39. The fourth-order valence-corrected chi connectivity index (χ4v) is 3.20. The van der Waals surface area contributed by atoms with Crippen LogP contribution in [0, 0.1) is 0 Å². The van der Waals surface area contributed by atoms with Crippen LogP contribution in [-0.2, 0) is 24.8 Å². The van der Waals surface area contributed by atoms with Gasteiger partial charge in [-0.1, -0.05) is 30.3 Å². The van der Waals surface area contributed by atoms with E-state index in [1.807, 2.05) is 30.3 Å². The van der Waals surface area contributed by atoms with E-state index >= 15 is 0 Å². The van der Waals surface area contributed by atoms with E-state index in [4.69, 9.17) is 4.52 Å². The molecule has 0 N–H and O–H groups in total. The highest BCUT2D eigenvalue weighted by Gasteiger charge is 2.24. The first kappa shape index (κ1) is 13.9. The molecule has 0 radical (unpaired) electrons. The molecule has 1 aromatic carbocycles. The smallest absolute Gasteiger partial charge is 0.335 e. The molecule has 2 unspecified atom stereocenters. The first-order valence-electron chi connectivity index (χ1n) is 5.31.